The van der Waals surface area contributed by atoms with E-state index >= 15 is 0 Å². The fourth-order valence-electron chi connectivity index (χ4n) is 2.17. The van der Waals surface area contributed by atoms with Crippen LogP contribution >= 0.6 is 11.3 Å². The fraction of sp³-hybridized carbons (Fsp3) is 0.188. The summed E-state index contributed by atoms with van der Waals surface area (Å²) in [4.78, 5) is 5.37. The van der Waals surface area contributed by atoms with E-state index < -0.39 is 15.8 Å². The van der Waals surface area contributed by atoms with Gasteiger partial charge in [-0.2, -0.15) is 0 Å². The van der Waals surface area contributed by atoms with Crippen LogP contribution in [0.1, 0.15) is 11.5 Å². The minimum absolute atomic E-state index is 0.0278. The van der Waals surface area contributed by atoms with Crippen molar-refractivity contribution in [2.45, 2.75) is 18.2 Å². The van der Waals surface area contributed by atoms with Crippen molar-refractivity contribution < 1.29 is 17.2 Å². The van der Waals surface area contributed by atoms with Crippen LogP contribution in [-0.2, 0) is 16.4 Å². The lowest BCUT2D eigenvalue weighted by Crippen LogP contribution is -2.26. The van der Waals surface area contributed by atoms with Crippen molar-refractivity contribution in [2.24, 2.45) is 0 Å². The van der Waals surface area contributed by atoms with Gasteiger partial charge < -0.3 is 4.42 Å². The Kier molecular flexibility index (Phi) is 4.79. The Labute approximate surface area is 143 Å². The van der Waals surface area contributed by atoms with Gasteiger partial charge in [-0.3, -0.25) is 0 Å². The van der Waals surface area contributed by atoms with Crippen molar-refractivity contribution in [1.82, 2.24) is 9.71 Å². The van der Waals surface area contributed by atoms with E-state index in [1.54, 1.807) is 6.92 Å². The molecule has 0 bridgehead atoms. The zero-order valence-corrected chi connectivity index (χ0v) is 14.5. The van der Waals surface area contributed by atoms with E-state index in [-0.39, 0.29) is 11.4 Å². The van der Waals surface area contributed by atoms with E-state index in [9.17, 15) is 12.8 Å². The second-order valence-electron chi connectivity index (χ2n) is 5.10. The highest BCUT2D eigenvalue weighted by molar-refractivity contribution is 7.89. The summed E-state index contributed by atoms with van der Waals surface area (Å²) in [5.74, 6) is 0.728. The Hall–Kier alpha value is -2.03. The van der Waals surface area contributed by atoms with Crippen LogP contribution in [0.3, 0.4) is 0 Å². The summed E-state index contributed by atoms with van der Waals surface area (Å²) in [6, 6.07) is 8.52. The molecule has 2 aromatic heterocycles. The maximum atomic E-state index is 12.9. The highest BCUT2D eigenvalue weighted by atomic mass is 32.2. The van der Waals surface area contributed by atoms with Gasteiger partial charge in [-0.05, 0) is 42.6 Å². The van der Waals surface area contributed by atoms with Gasteiger partial charge in [0.15, 0.2) is 0 Å². The predicted octanol–water partition coefficient (Wildman–Crippen LogP) is 3.37. The molecule has 5 nitrogen and oxygen atoms in total. The number of rotatable bonds is 6. The molecule has 0 radical (unpaired) electrons. The molecule has 3 aromatic rings. The van der Waals surface area contributed by atoms with E-state index in [1.807, 2.05) is 17.5 Å². The molecule has 0 aliphatic carbocycles. The summed E-state index contributed by atoms with van der Waals surface area (Å²) < 4.78 is 45.3. The van der Waals surface area contributed by atoms with Gasteiger partial charge >= 0.3 is 0 Å². The maximum absolute atomic E-state index is 12.9. The molecule has 0 fully saturated rings. The van der Waals surface area contributed by atoms with E-state index in [0.717, 1.165) is 17.0 Å². The first-order valence-corrected chi connectivity index (χ1v) is 9.57. The molecule has 0 amide bonds. The average Bonchev–Trinajstić information content (AvgIpc) is 3.18. The van der Waals surface area contributed by atoms with Crippen molar-refractivity contribution in [3.05, 3.63) is 59.0 Å². The van der Waals surface area contributed by atoms with Gasteiger partial charge in [-0.1, -0.05) is 6.07 Å². The van der Waals surface area contributed by atoms with E-state index in [4.69, 9.17) is 4.42 Å². The van der Waals surface area contributed by atoms with Gasteiger partial charge in [0.1, 0.15) is 11.6 Å². The summed E-state index contributed by atoms with van der Waals surface area (Å²) in [6.45, 7) is 1.98. The fourth-order valence-corrected chi connectivity index (χ4v) is 3.85. The zero-order chi connectivity index (χ0) is 17.2. The minimum Gasteiger partial charge on any atom is -0.440 e. The highest BCUT2D eigenvalue weighted by Crippen LogP contribution is 2.26. The summed E-state index contributed by atoms with van der Waals surface area (Å²) in [6.07, 6.45) is 0.404. The molecule has 126 valence electrons. The second kappa shape index (κ2) is 6.84. The SMILES string of the molecule is Cc1oc(-c2cccs2)nc1CCNS(=O)(=O)c1ccc(F)cc1. The Balaban J connectivity index is 1.65. The Morgan fingerprint density at radius 1 is 1.25 bits per heavy atom. The van der Waals surface area contributed by atoms with Crippen molar-refractivity contribution >= 4 is 21.4 Å². The Morgan fingerprint density at radius 3 is 2.67 bits per heavy atom. The van der Waals surface area contributed by atoms with Crippen LogP contribution in [0.2, 0.25) is 0 Å². The number of aromatic nitrogens is 1. The number of hydrogen-bond acceptors (Lipinski definition) is 5. The smallest absolute Gasteiger partial charge is 0.240 e. The Morgan fingerprint density at radius 2 is 2.00 bits per heavy atom. The number of aryl methyl sites for hydroxylation is 1. The number of hydrogen-bond donors (Lipinski definition) is 1. The summed E-state index contributed by atoms with van der Waals surface area (Å²) >= 11 is 1.53. The van der Waals surface area contributed by atoms with E-state index in [2.05, 4.69) is 9.71 Å². The standard InChI is InChI=1S/C16H15FN2O3S2/c1-11-14(19-16(22-11)15-3-2-10-23-15)8-9-18-24(20,21)13-6-4-12(17)5-7-13/h2-7,10,18H,8-9H2,1H3. The van der Waals surface area contributed by atoms with Crippen LogP contribution < -0.4 is 4.72 Å². The summed E-state index contributed by atoms with van der Waals surface area (Å²) in [7, 11) is -3.67. The third-order valence-electron chi connectivity index (χ3n) is 3.40. The number of benzene rings is 1. The molecule has 1 aromatic carbocycles. The first-order valence-electron chi connectivity index (χ1n) is 7.21. The minimum atomic E-state index is -3.67. The first-order chi connectivity index (χ1) is 11.5. The molecular formula is C16H15FN2O3S2. The molecule has 0 atom stereocenters. The molecule has 1 N–H and O–H groups in total. The second-order valence-corrected chi connectivity index (χ2v) is 7.82. The van der Waals surface area contributed by atoms with E-state index in [1.165, 1.54) is 23.5 Å². The largest absolute Gasteiger partial charge is 0.440 e. The van der Waals surface area contributed by atoms with Crippen molar-refractivity contribution in [3.8, 4) is 10.8 Å². The van der Waals surface area contributed by atoms with Crippen LogP contribution in [0.5, 0.6) is 0 Å². The molecular weight excluding hydrogens is 351 g/mol. The predicted molar refractivity (Wildman–Crippen MR) is 89.8 cm³/mol. The van der Waals surface area contributed by atoms with Gasteiger partial charge in [0.25, 0.3) is 0 Å². The molecule has 24 heavy (non-hydrogen) atoms. The van der Waals surface area contributed by atoms with Gasteiger partial charge in [-0.25, -0.2) is 22.5 Å². The van der Waals surface area contributed by atoms with Crippen LogP contribution in [0, 0.1) is 12.7 Å². The molecule has 0 aliphatic heterocycles. The van der Waals surface area contributed by atoms with Gasteiger partial charge in [-0.15, -0.1) is 11.3 Å². The molecule has 0 saturated carbocycles. The third-order valence-corrected chi connectivity index (χ3v) is 5.74. The quantitative estimate of drug-likeness (QED) is 0.726. The average molecular weight is 366 g/mol. The lowest BCUT2D eigenvalue weighted by Gasteiger charge is -2.05. The van der Waals surface area contributed by atoms with Crippen LogP contribution in [0.25, 0.3) is 10.8 Å². The molecule has 2 heterocycles. The maximum Gasteiger partial charge on any atom is 0.240 e. The molecule has 0 saturated heterocycles. The number of thiophene rings is 1. The van der Waals surface area contributed by atoms with Crippen molar-refractivity contribution in [1.29, 1.82) is 0 Å². The number of nitrogens with zero attached hydrogens (tertiary/aromatic N) is 1. The first kappa shape index (κ1) is 16.8. The normalized spacial score (nSPS) is 11.8. The van der Waals surface area contributed by atoms with Crippen LogP contribution in [-0.4, -0.2) is 19.9 Å². The molecule has 0 spiro atoms. The monoisotopic (exact) mass is 366 g/mol. The van der Waals surface area contributed by atoms with Crippen molar-refractivity contribution in [2.75, 3.05) is 6.54 Å². The van der Waals surface area contributed by atoms with Crippen LogP contribution in [0.15, 0.2) is 51.1 Å². The molecule has 3 rings (SSSR count). The zero-order valence-electron chi connectivity index (χ0n) is 12.8. The third kappa shape index (κ3) is 3.72. The van der Waals surface area contributed by atoms with Gasteiger partial charge in [0, 0.05) is 13.0 Å². The van der Waals surface area contributed by atoms with Gasteiger partial charge in [0.2, 0.25) is 15.9 Å². The molecule has 0 unspecified atom stereocenters. The topological polar surface area (TPSA) is 72.2 Å². The lowest BCUT2D eigenvalue weighted by atomic mass is 10.3. The highest BCUT2D eigenvalue weighted by Gasteiger charge is 2.16. The number of halogens is 1. The lowest BCUT2D eigenvalue weighted by molar-refractivity contribution is 0.539. The van der Waals surface area contributed by atoms with Crippen LogP contribution in [0.4, 0.5) is 4.39 Å². The number of oxazole rings is 1. The molecule has 8 heteroatoms. The number of nitrogens with one attached hydrogen (secondary N) is 1. The summed E-state index contributed by atoms with van der Waals surface area (Å²) in [5.41, 5.74) is 0.709. The molecule has 0 aliphatic rings. The Bertz CT molecular complexity index is 917. The summed E-state index contributed by atoms with van der Waals surface area (Å²) in [5, 5.41) is 1.94. The number of sulfonamides is 1. The van der Waals surface area contributed by atoms with Gasteiger partial charge in [0.05, 0.1) is 15.5 Å². The van der Waals surface area contributed by atoms with Crippen molar-refractivity contribution in [3.63, 3.8) is 0 Å². The van der Waals surface area contributed by atoms with E-state index in [0.29, 0.717) is 23.8 Å².